The second kappa shape index (κ2) is 6.04. The summed E-state index contributed by atoms with van der Waals surface area (Å²) in [7, 11) is 0. The molecular formula is C12H23N3O3. The predicted octanol–water partition coefficient (Wildman–Crippen LogP) is 0.523. The van der Waals surface area contributed by atoms with Crippen molar-refractivity contribution in [2.45, 2.75) is 45.6 Å². The smallest absolute Gasteiger partial charge is 0.236 e. The highest BCUT2D eigenvalue weighted by Crippen LogP contribution is 2.35. The van der Waals surface area contributed by atoms with Gasteiger partial charge in [0.05, 0.1) is 6.61 Å². The maximum atomic E-state index is 12.6. The molecule has 1 rings (SSSR count). The first-order chi connectivity index (χ1) is 8.57. The second-order valence-electron chi connectivity index (χ2n) is 4.73. The summed E-state index contributed by atoms with van der Waals surface area (Å²) in [5.74, 6) is -0.180. The van der Waals surface area contributed by atoms with Crippen LogP contribution in [0.15, 0.2) is 5.16 Å². The molecule has 6 nitrogen and oxygen atoms in total. The Kier molecular flexibility index (Phi) is 4.95. The van der Waals surface area contributed by atoms with Gasteiger partial charge < -0.3 is 20.9 Å². The number of carbonyl (C=O) groups is 1. The molecule has 0 aromatic heterocycles. The topological polar surface area (TPSA) is 99.2 Å². The SMILES string of the molecule is CCC(CC)(C(=O)N(CCO)C1CC1)C(N)=NO. The first-order valence-electron chi connectivity index (χ1n) is 6.47. The maximum Gasteiger partial charge on any atom is 0.236 e. The molecule has 6 heteroatoms. The first kappa shape index (κ1) is 14.8. The summed E-state index contributed by atoms with van der Waals surface area (Å²) in [6.07, 6.45) is 2.89. The predicted molar refractivity (Wildman–Crippen MR) is 68.2 cm³/mol. The summed E-state index contributed by atoms with van der Waals surface area (Å²) >= 11 is 0. The van der Waals surface area contributed by atoms with Crippen molar-refractivity contribution in [3.63, 3.8) is 0 Å². The van der Waals surface area contributed by atoms with Gasteiger partial charge in [0.15, 0.2) is 5.84 Å². The minimum Gasteiger partial charge on any atom is -0.409 e. The Bertz CT molecular complexity index is 323. The molecule has 104 valence electrons. The van der Waals surface area contributed by atoms with E-state index >= 15 is 0 Å². The van der Waals surface area contributed by atoms with Gasteiger partial charge in [0.2, 0.25) is 5.91 Å². The Morgan fingerprint density at radius 1 is 1.44 bits per heavy atom. The van der Waals surface area contributed by atoms with E-state index in [4.69, 9.17) is 16.0 Å². The van der Waals surface area contributed by atoms with E-state index < -0.39 is 5.41 Å². The highest BCUT2D eigenvalue weighted by molar-refractivity contribution is 6.06. The number of carbonyl (C=O) groups excluding carboxylic acids is 1. The van der Waals surface area contributed by atoms with Crippen LogP contribution in [-0.4, -0.2) is 46.1 Å². The standard InChI is InChI=1S/C12H23N3O3/c1-3-12(4-2,10(13)14-18)11(17)15(7-8-16)9-5-6-9/h9,16,18H,3-8H2,1-2H3,(H2,13,14). The zero-order chi connectivity index (χ0) is 13.8. The number of amides is 1. The lowest BCUT2D eigenvalue weighted by Gasteiger charge is -2.35. The molecule has 1 aliphatic carbocycles. The van der Waals surface area contributed by atoms with Crippen LogP contribution in [0, 0.1) is 5.41 Å². The molecule has 0 saturated heterocycles. The highest BCUT2D eigenvalue weighted by atomic mass is 16.4. The summed E-state index contributed by atoms with van der Waals surface area (Å²) in [5.41, 5.74) is 4.77. The Hall–Kier alpha value is -1.30. The number of rotatable bonds is 7. The van der Waals surface area contributed by atoms with Crippen molar-refractivity contribution in [3.05, 3.63) is 0 Å². The number of aliphatic hydroxyl groups excluding tert-OH is 1. The Morgan fingerprint density at radius 2 is 2.00 bits per heavy atom. The van der Waals surface area contributed by atoms with E-state index in [9.17, 15) is 4.79 Å². The van der Waals surface area contributed by atoms with Gasteiger partial charge in [-0.2, -0.15) is 0 Å². The van der Waals surface area contributed by atoms with E-state index in [1.54, 1.807) is 4.90 Å². The average Bonchev–Trinajstić information content (AvgIpc) is 3.21. The number of hydrogen-bond donors (Lipinski definition) is 3. The minimum atomic E-state index is -0.952. The second-order valence-corrected chi connectivity index (χ2v) is 4.73. The van der Waals surface area contributed by atoms with E-state index in [0.717, 1.165) is 12.8 Å². The van der Waals surface area contributed by atoms with Gasteiger partial charge in [-0.05, 0) is 25.7 Å². The molecule has 0 spiro atoms. The van der Waals surface area contributed by atoms with E-state index in [2.05, 4.69) is 5.16 Å². The van der Waals surface area contributed by atoms with Crippen LogP contribution in [0.2, 0.25) is 0 Å². The molecule has 0 atom stereocenters. The Balaban J connectivity index is 3.00. The molecule has 0 heterocycles. The number of amidine groups is 1. The molecule has 0 aromatic carbocycles. The monoisotopic (exact) mass is 257 g/mol. The molecular weight excluding hydrogens is 234 g/mol. The third-order valence-electron chi connectivity index (χ3n) is 3.80. The number of hydrogen-bond acceptors (Lipinski definition) is 4. The van der Waals surface area contributed by atoms with Gasteiger partial charge >= 0.3 is 0 Å². The van der Waals surface area contributed by atoms with Crippen molar-refractivity contribution in [2.24, 2.45) is 16.3 Å². The lowest BCUT2D eigenvalue weighted by atomic mass is 9.79. The molecule has 0 aliphatic heterocycles. The molecule has 1 amide bonds. The number of nitrogens with zero attached hydrogens (tertiary/aromatic N) is 2. The van der Waals surface area contributed by atoms with E-state index in [1.807, 2.05) is 13.8 Å². The quantitative estimate of drug-likeness (QED) is 0.268. The van der Waals surface area contributed by atoms with Crippen LogP contribution in [0.1, 0.15) is 39.5 Å². The van der Waals surface area contributed by atoms with E-state index in [1.165, 1.54) is 0 Å². The summed E-state index contributed by atoms with van der Waals surface area (Å²) in [5, 5.41) is 21.0. The van der Waals surface area contributed by atoms with Gasteiger partial charge in [0.1, 0.15) is 5.41 Å². The van der Waals surface area contributed by atoms with Gasteiger partial charge in [-0.15, -0.1) is 0 Å². The molecule has 4 N–H and O–H groups in total. The molecule has 0 bridgehead atoms. The molecule has 0 unspecified atom stereocenters. The summed E-state index contributed by atoms with van der Waals surface area (Å²) < 4.78 is 0. The van der Waals surface area contributed by atoms with Crippen molar-refractivity contribution in [3.8, 4) is 0 Å². The molecule has 0 aromatic rings. The van der Waals surface area contributed by atoms with Crippen molar-refractivity contribution >= 4 is 11.7 Å². The van der Waals surface area contributed by atoms with E-state index in [0.29, 0.717) is 19.4 Å². The number of oxime groups is 1. The van der Waals surface area contributed by atoms with Gasteiger partial charge in [-0.25, -0.2) is 0 Å². The fourth-order valence-corrected chi connectivity index (χ4v) is 2.34. The van der Waals surface area contributed by atoms with Crippen LogP contribution in [0.25, 0.3) is 0 Å². The van der Waals surface area contributed by atoms with Gasteiger partial charge in [-0.3, -0.25) is 4.79 Å². The first-order valence-corrected chi connectivity index (χ1v) is 6.47. The fraction of sp³-hybridized carbons (Fsp3) is 0.833. The highest BCUT2D eigenvalue weighted by Gasteiger charge is 2.46. The molecule has 1 saturated carbocycles. The maximum absolute atomic E-state index is 12.6. The Labute approximate surface area is 107 Å². The summed E-state index contributed by atoms with van der Waals surface area (Å²) in [6, 6.07) is 0.202. The lowest BCUT2D eigenvalue weighted by Crippen LogP contribution is -2.52. The normalized spacial score (nSPS) is 16.7. The zero-order valence-electron chi connectivity index (χ0n) is 11.1. The van der Waals surface area contributed by atoms with Crippen LogP contribution < -0.4 is 5.73 Å². The largest absolute Gasteiger partial charge is 0.409 e. The van der Waals surface area contributed by atoms with Gasteiger partial charge in [0.25, 0.3) is 0 Å². The molecule has 1 fully saturated rings. The minimum absolute atomic E-state index is 0.0407. The van der Waals surface area contributed by atoms with Crippen LogP contribution in [0.4, 0.5) is 0 Å². The van der Waals surface area contributed by atoms with Gasteiger partial charge in [-0.1, -0.05) is 19.0 Å². The van der Waals surface area contributed by atoms with Crippen molar-refractivity contribution in [1.82, 2.24) is 4.90 Å². The summed E-state index contributed by atoms with van der Waals surface area (Å²) in [4.78, 5) is 14.3. The summed E-state index contributed by atoms with van der Waals surface area (Å²) in [6.45, 7) is 3.94. The third kappa shape index (κ3) is 2.58. The van der Waals surface area contributed by atoms with E-state index in [-0.39, 0.29) is 24.4 Å². The van der Waals surface area contributed by atoms with Crippen LogP contribution in [0.5, 0.6) is 0 Å². The van der Waals surface area contributed by atoms with Crippen LogP contribution in [-0.2, 0) is 4.79 Å². The lowest BCUT2D eigenvalue weighted by molar-refractivity contribution is -0.140. The third-order valence-corrected chi connectivity index (χ3v) is 3.80. The zero-order valence-corrected chi connectivity index (χ0v) is 11.1. The molecule has 1 aliphatic rings. The molecule has 0 radical (unpaired) electrons. The fourth-order valence-electron chi connectivity index (χ4n) is 2.34. The number of nitrogens with two attached hydrogens (primary N) is 1. The van der Waals surface area contributed by atoms with Crippen molar-refractivity contribution in [1.29, 1.82) is 0 Å². The number of aliphatic hydroxyl groups is 1. The Morgan fingerprint density at radius 3 is 2.33 bits per heavy atom. The van der Waals surface area contributed by atoms with Crippen LogP contribution in [0.3, 0.4) is 0 Å². The van der Waals surface area contributed by atoms with Crippen molar-refractivity contribution in [2.75, 3.05) is 13.2 Å². The van der Waals surface area contributed by atoms with Gasteiger partial charge in [0, 0.05) is 12.6 Å². The average molecular weight is 257 g/mol. The van der Waals surface area contributed by atoms with Crippen LogP contribution >= 0.6 is 0 Å². The van der Waals surface area contributed by atoms with Crippen molar-refractivity contribution < 1.29 is 15.1 Å². The molecule has 18 heavy (non-hydrogen) atoms.